The van der Waals surface area contributed by atoms with Gasteiger partial charge in [0.1, 0.15) is 0 Å². The molecule has 1 amide bonds. The van der Waals surface area contributed by atoms with E-state index in [2.05, 4.69) is 11.8 Å². The monoisotopic (exact) mass is 216 g/mol. The summed E-state index contributed by atoms with van der Waals surface area (Å²) < 4.78 is 5.17. The molecule has 0 spiro atoms. The third-order valence-corrected chi connectivity index (χ3v) is 1.91. The van der Waals surface area contributed by atoms with Crippen LogP contribution in [0.1, 0.15) is 27.2 Å². The highest BCUT2D eigenvalue weighted by atomic mass is 16.6. The second kappa shape index (κ2) is 7.51. The van der Waals surface area contributed by atoms with Gasteiger partial charge in [-0.05, 0) is 34.4 Å². The van der Waals surface area contributed by atoms with Crippen molar-refractivity contribution in [2.45, 2.75) is 33.3 Å². The Morgan fingerprint density at radius 3 is 2.20 bits per heavy atom. The minimum absolute atomic E-state index is 0.0452. The Kier molecular flexibility index (Phi) is 7.13. The van der Waals surface area contributed by atoms with Crippen LogP contribution in [0, 0.1) is 0 Å². The molecule has 15 heavy (non-hydrogen) atoms. The normalized spacial score (nSPS) is 10.9. The van der Waals surface area contributed by atoms with E-state index >= 15 is 0 Å². The molecule has 0 aromatic heterocycles. The third kappa shape index (κ3) is 7.19. The molecule has 90 valence electrons. The van der Waals surface area contributed by atoms with Crippen molar-refractivity contribution in [2.24, 2.45) is 0 Å². The van der Waals surface area contributed by atoms with Crippen LogP contribution in [0.15, 0.2) is 0 Å². The summed E-state index contributed by atoms with van der Waals surface area (Å²) in [5.41, 5.74) is 0. The Bertz CT molecular complexity index is 181. The van der Waals surface area contributed by atoms with Crippen LogP contribution in [0.3, 0.4) is 0 Å². The van der Waals surface area contributed by atoms with E-state index in [4.69, 9.17) is 4.74 Å². The predicted molar refractivity (Wildman–Crippen MR) is 62.0 cm³/mol. The molecule has 0 aliphatic carbocycles. The number of nitrogens with zero attached hydrogens (tertiary/aromatic N) is 2. The molecule has 0 aliphatic heterocycles. The van der Waals surface area contributed by atoms with Crippen molar-refractivity contribution in [3.8, 4) is 0 Å². The molecule has 0 aromatic rings. The van der Waals surface area contributed by atoms with E-state index in [9.17, 15) is 4.79 Å². The number of hydrogen-bond acceptors (Lipinski definition) is 3. The summed E-state index contributed by atoms with van der Waals surface area (Å²) in [7, 11) is 4.00. The standard InChI is InChI=1S/C11H24N2O2/c1-6-7-13(9-8-12(4)5)11(14)15-10(2)3/h10H,6-9H2,1-5H3. The largest absolute Gasteiger partial charge is 0.447 e. The van der Waals surface area contributed by atoms with Crippen LogP contribution in [-0.4, -0.2) is 55.7 Å². The Morgan fingerprint density at radius 1 is 1.20 bits per heavy atom. The SMILES string of the molecule is CCCN(CCN(C)C)C(=O)OC(C)C. The number of rotatable bonds is 6. The van der Waals surface area contributed by atoms with Gasteiger partial charge in [-0.15, -0.1) is 0 Å². The molecule has 4 heteroatoms. The average molecular weight is 216 g/mol. The first kappa shape index (κ1) is 14.2. The average Bonchev–Trinajstić information content (AvgIpc) is 2.10. The Hall–Kier alpha value is -0.770. The van der Waals surface area contributed by atoms with Crippen LogP contribution in [0.25, 0.3) is 0 Å². The van der Waals surface area contributed by atoms with Gasteiger partial charge in [0.25, 0.3) is 0 Å². The highest BCUT2D eigenvalue weighted by Crippen LogP contribution is 2.00. The van der Waals surface area contributed by atoms with Crippen LogP contribution >= 0.6 is 0 Å². The maximum absolute atomic E-state index is 11.6. The van der Waals surface area contributed by atoms with E-state index in [1.54, 1.807) is 4.90 Å². The van der Waals surface area contributed by atoms with Gasteiger partial charge in [0.15, 0.2) is 0 Å². The van der Waals surface area contributed by atoms with Gasteiger partial charge in [-0.3, -0.25) is 0 Å². The molecule has 0 aromatic carbocycles. The van der Waals surface area contributed by atoms with E-state index in [0.29, 0.717) is 0 Å². The summed E-state index contributed by atoms with van der Waals surface area (Å²) in [6, 6.07) is 0. The van der Waals surface area contributed by atoms with Crippen molar-refractivity contribution in [2.75, 3.05) is 33.7 Å². The second-order valence-electron chi connectivity index (χ2n) is 4.22. The summed E-state index contributed by atoms with van der Waals surface area (Å²) in [5, 5.41) is 0. The maximum atomic E-state index is 11.6. The minimum Gasteiger partial charge on any atom is -0.447 e. The zero-order valence-corrected chi connectivity index (χ0v) is 10.6. The highest BCUT2D eigenvalue weighted by molar-refractivity contribution is 5.67. The third-order valence-electron chi connectivity index (χ3n) is 1.91. The summed E-state index contributed by atoms with van der Waals surface area (Å²) in [6.45, 7) is 8.16. The second-order valence-corrected chi connectivity index (χ2v) is 4.22. The van der Waals surface area contributed by atoms with Gasteiger partial charge >= 0.3 is 6.09 Å². The molecule has 0 bridgehead atoms. The molecule has 0 radical (unpaired) electrons. The maximum Gasteiger partial charge on any atom is 0.410 e. The molecule has 0 unspecified atom stereocenters. The molecule has 4 nitrogen and oxygen atoms in total. The van der Waals surface area contributed by atoms with Crippen molar-refractivity contribution in [3.05, 3.63) is 0 Å². The summed E-state index contributed by atoms with van der Waals surface area (Å²) in [6.07, 6.45) is 0.714. The van der Waals surface area contributed by atoms with E-state index < -0.39 is 0 Å². The first-order valence-electron chi connectivity index (χ1n) is 5.57. The molecule has 0 saturated carbocycles. The molecule has 0 heterocycles. The molecule has 0 N–H and O–H groups in total. The van der Waals surface area contributed by atoms with Crippen molar-refractivity contribution in [1.29, 1.82) is 0 Å². The van der Waals surface area contributed by atoms with Gasteiger partial charge in [-0.1, -0.05) is 6.92 Å². The number of carbonyl (C=O) groups excluding carboxylic acids is 1. The van der Waals surface area contributed by atoms with Crippen LogP contribution in [0.2, 0.25) is 0 Å². The van der Waals surface area contributed by atoms with Crippen LogP contribution in [-0.2, 0) is 4.74 Å². The minimum atomic E-state index is -0.200. The fourth-order valence-corrected chi connectivity index (χ4v) is 1.16. The first-order chi connectivity index (χ1) is 6.97. The Morgan fingerprint density at radius 2 is 1.80 bits per heavy atom. The van der Waals surface area contributed by atoms with Crippen molar-refractivity contribution < 1.29 is 9.53 Å². The smallest absolute Gasteiger partial charge is 0.410 e. The van der Waals surface area contributed by atoms with Gasteiger partial charge < -0.3 is 14.5 Å². The topological polar surface area (TPSA) is 32.8 Å². The molecule has 0 saturated heterocycles. The molecule has 0 fully saturated rings. The highest BCUT2D eigenvalue weighted by Gasteiger charge is 2.14. The lowest BCUT2D eigenvalue weighted by Gasteiger charge is -2.24. The van der Waals surface area contributed by atoms with Crippen molar-refractivity contribution >= 4 is 6.09 Å². The number of ether oxygens (including phenoxy) is 1. The predicted octanol–water partition coefficient (Wildman–Crippen LogP) is 1.81. The Balaban J connectivity index is 4.06. The molecular formula is C11H24N2O2. The fraction of sp³-hybridized carbons (Fsp3) is 0.909. The zero-order valence-electron chi connectivity index (χ0n) is 10.6. The quantitative estimate of drug-likeness (QED) is 0.679. The lowest BCUT2D eigenvalue weighted by molar-refractivity contribution is 0.0748. The van der Waals surface area contributed by atoms with E-state index in [1.807, 2.05) is 27.9 Å². The van der Waals surface area contributed by atoms with Gasteiger partial charge in [0, 0.05) is 19.6 Å². The zero-order chi connectivity index (χ0) is 11.8. The number of hydrogen-bond donors (Lipinski definition) is 0. The summed E-state index contributed by atoms with van der Waals surface area (Å²) >= 11 is 0. The van der Waals surface area contributed by atoms with E-state index in [0.717, 1.165) is 26.1 Å². The Labute approximate surface area is 93.2 Å². The van der Waals surface area contributed by atoms with Crippen LogP contribution in [0.4, 0.5) is 4.79 Å². The fourth-order valence-electron chi connectivity index (χ4n) is 1.16. The summed E-state index contributed by atoms with van der Waals surface area (Å²) in [5.74, 6) is 0. The lowest BCUT2D eigenvalue weighted by Crippen LogP contribution is -2.38. The van der Waals surface area contributed by atoms with Crippen LogP contribution < -0.4 is 0 Å². The number of likely N-dealkylation sites (N-methyl/N-ethyl adjacent to an activating group) is 1. The molecular weight excluding hydrogens is 192 g/mol. The van der Waals surface area contributed by atoms with E-state index in [1.165, 1.54) is 0 Å². The van der Waals surface area contributed by atoms with Gasteiger partial charge in [-0.2, -0.15) is 0 Å². The lowest BCUT2D eigenvalue weighted by atomic mass is 10.4. The summed E-state index contributed by atoms with van der Waals surface area (Å²) in [4.78, 5) is 15.5. The molecule has 0 aliphatic rings. The van der Waals surface area contributed by atoms with Crippen LogP contribution in [0.5, 0.6) is 0 Å². The molecule has 0 atom stereocenters. The number of amides is 1. The number of carbonyl (C=O) groups is 1. The van der Waals surface area contributed by atoms with Crippen molar-refractivity contribution in [1.82, 2.24) is 9.80 Å². The van der Waals surface area contributed by atoms with E-state index in [-0.39, 0.29) is 12.2 Å². The van der Waals surface area contributed by atoms with Gasteiger partial charge in [-0.25, -0.2) is 4.79 Å². The first-order valence-corrected chi connectivity index (χ1v) is 5.57. The van der Waals surface area contributed by atoms with Gasteiger partial charge in [0.05, 0.1) is 6.10 Å². The van der Waals surface area contributed by atoms with Gasteiger partial charge in [0.2, 0.25) is 0 Å². The van der Waals surface area contributed by atoms with Crippen molar-refractivity contribution in [3.63, 3.8) is 0 Å². The molecule has 0 rings (SSSR count).